The van der Waals surface area contributed by atoms with Crippen LogP contribution in [0.3, 0.4) is 0 Å². The van der Waals surface area contributed by atoms with Crippen LogP contribution in [0, 0.1) is 0 Å². The van der Waals surface area contributed by atoms with E-state index in [0.717, 1.165) is 25.0 Å². The van der Waals surface area contributed by atoms with Crippen molar-refractivity contribution < 1.29 is 41.0 Å². The van der Waals surface area contributed by atoms with Crippen LogP contribution in [0.25, 0.3) is 0 Å². The molecule has 2 aliphatic rings. The van der Waals surface area contributed by atoms with Gasteiger partial charge in [-0.15, -0.1) is 0 Å². The molecule has 1 spiro atoms. The third kappa shape index (κ3) is 7.10. The van der Waals surface area contributed by atoms with Crippen molar-refractivity contribution in [3.05, 3.63) is 30.1 Å². The molecule has 2 atom stereocenters. The maximum absolute atomic E-state index is 12.4. The van der Waals surface area contributed by atoms with Gasteiger partial charge in [0.25, 0.3) is 10.2 Å². The quantitative estimate of drug-likeness (QED) is 0.699. The lowest BCUT2D eigenvalue weighted by Crippen LogP contribution is -2.52. The van der Waals surface area contributed by atoms with Crippen molar-refractivity contribution in [2.75, 3.05) is 33.8 Å². The molecule has 13 heteroatoms. The van der Waals surface area contributed by atoms with Crippen LogP contribution in [0.15, 0.2) is 24.4 Å². The predicted molar refractivity (Wildman–Crippen MR) is 103 cm³/mol. The van der Waals surface area contributed by atoms with Crippen molar-refractivity contribution in [3.63, 3.8) is 0 Å². The highest BCUT2D eigenvalue weighted by atomic mass is 32.2. The zero-order chi connectivity index (χ0) is 23.3. The van der Waals surface area contributed by atoms with E-state index in [1.54, 1.807) is 20.3 Å². The fourth-order valence-corrected chi connectivity index (χ4v) is 4.59. The summed E-state index contributed by atoms with van der Waals surface area (Å²) >= 11 is 0. The number of aliphatic carboxylic acids is 1. The molecule has 0 aromatic carbocycles. The van der Waals surface area contributed by atoms with Gasteiger partial charge in [-0.1, -0.05) is 6.07 Å². The Labute approximate surface area is 178 Å². The molecule has 0 unspecified atom stereocenters. The number of carboxylic acid groups (broad SMARTS) is 1. The van der Waals surface area contributed by atoms with Crippen LogP contribution in [0.5, 0.6) is 0 Å². The Morgan fingerprint density at radius 2 is 2.10 bits per heavy atom. The molecule has 2 saturated heterocycles. The summed E-state index contributed by atoms with van der Waals surface area (Å²) in [4.78, 5) is 13.1. The molecule has 2 fully saturated rings. The summed E-state index contributed by atoms with van der Waals surface area (Å²) in [6, 6.07) is 5.74. The standard InChI is InChI=1S/C16H25N3O4S.C2HF3O2/c1-18(2)24(20,21)19-9-5-7-16(13-19)10-15(12-23-16)22-11-14-6-3-4-8-17-14;3-2(4,5)1(6)7/h3-4,6,8,15H,5,7,9-13H2,1-2H3;(H,6,7)/t15-,16-;/m0./s1. The van der Waals surface area contributed by atoms with Crippen molar-refractivity contribution in [2.24, 2.45) is 0 Å². The third-order valence-electron chi connectivity index (χ3n) is 4.90. The van der Waals surface area contributed by atoms with Crippen LogP contribution in [-0.4, -0.2) is 84.8 Å². The Morgan fingerprint density at radius 1 is 1.42 bits per heavy atom. The number of ether oxygens (including phenoxy) is 2. The van der Waals surface area contributed by atoms with Gasteiger partial charge in [-0.3, -0.25) is 4.98 Å². The second-order valence-corrected chi connectivity index (χ2v) is 9.62. The Morgan fingerprint density at radius 3 is 2.65 bits per heavy atom. The number of carbonyl (C=O) groups is 1. The number of alkyl halides is 3. The van der Waals surface area contributed by atoms with Gasteiger partial charge in [0, 0.05) is 39.8 Å². The lowest BCUT2D eigenvalue weighted by molar-refractivity contribution is -0.192. The van der Waals surface area contributed by atoms with Gasteiger partial charge in [-0.2, -0.15) is 30.2 Å². The average molecular weight is 469 g/mol. The van der Waals surface area contributed by atoms with Gasteiger partial charge in [-0.25, -0.2) is 4.79 Å². The first-order valence-corrected chi connectivity index (χ1v) is 10.9. The fraction of sp³-hybridized carbons (Fsp3) is 0.667. The zero-order valence-electron chi connectivity index (χ0n) is 17.2. The first-order valence-electron chi connectivity index (χ1n) is 9.49. The molecule has 9 nitrogen and oxygen atoms in total. The topological polar surface area (TPSA) is 109 Å². The average Bonchev–Trinajstić information content (AvgIpc) is 3.09. The van der Waals surface area contributed by atoms with Gasteiger partial charge < -0.3 is 14.6 Å². The minimum atomic E-state index is -5.08. The molecule has 3 rings (SSSR count). The van der Waals surface area contributed by atoms with Crippen LogP contribution >= 0.6 is 0 Å². The Bertz CT molecular complexity index is 838. The Hall–Kier alpha value is -1.80. The molecule has 3 heterocycles. The van der Waals surface area contributed by atoms with Crippen molar-refractivity contribution in [3.8, 4) is 0 Å². The molecule has 0 bridgehead atoms. The van der Waals surface area contributed by atoms with Crippen molar-refractivity contribution in [1.82, 2.24) is 13.6 Å². The second kappa shape index (κ2) is 10.2. The highest BCUT2D eigenvalue weighted by molar-refractivity contribution is 7.86. The minimum absolute atomic E-state index is 0.0194. The highest BCUT2D eigenvalue weighted by Crippen LogP contribution is 2.37. The fourth-order valence-electron chi connectivity index (χ4n) is 3.37. The molecule has 0 saturated carbocycles. The molecular weight excluding hydrogens is 443 g/mol. The largest absolute Gasteiger partial charge is 0.490 e. The number of piperidine rings is 1. The van der Waals surface area contributed by atoms with Gasteiger partial charge in [0.1, 0.15) is 0 Å². The summed E-state index contributed by atoms with van der Waals surface area (Å²) in [5.41, 5.74) is 0.467. The van der Waals surface area contributed by atoms with Crippen LogP contribution in [0.2, 0.25) is 0 Å². The molecular formula is C18H26F3N3O6S. The molecule has 2 aliphatic heterocycles. The monoisotopic (exact) mass is 469 g/mol. The van der Waals surface area contributed by atoms with Crippen molar-refractivity contribution in [2.45, 2.75) is 43.8 Å². The summed E-state index contributed by atoms with van der Waals surface area (Å²) in [6.45, 7) is 1.90. The van der Waals surface area contributed by atoms with E-state index in [2.05, 4.69) is 4.98 Å². The molecule has 1 aromatic heterocycles. The number of nitrogens with zero attached hydrogens (tertiary/aromatic N) is 3. The van der Waals surface area contributed by atoms with Gasteiger partial charge in [0.2, 0.25) is 0 Å². The second-order valence-electron chi connectivity index (χ2n) is 7.48. The SMILES string of the molecule is CN(C)S(=O)(=O)N1CCC[C@]2(C[C@H](OCc3ccccn3)CO2)C1.O=C(O)C(F)(F)F. The lowest BCUT2D eigenvalue weighted by atomic mass is 9.90. The number of hydrogen-bond donors (Lipinski definition) is 1. The smallest absolute Gasteiger partial charge is 0.475 e. The molecule has 176 valence electrons. The number of halogens is 3. The summed E-state index contributed by atoms with van der Waals surface area (Å²) in [5, 5.41) is 7.12. The number of hydrogen-bond acceptors (Lipinski definition) is 6. The van der Waals surface area contributed by atoms with E-state index in [1.807, 2.05) is 18.2 Å². The molecule has 1 aromatic rings. The van der Waals surface area contributed by atoms with Crippen LogP contribution in [0.1, 0.15) is 25.0 Å². The first kappa shape index (κ1) is 25.5. The van der Waals surface area contributed by atoms with Crippen molar-refractivity contribution in [1.29, 1.82) is 0 Å². The molecule has 1 N–H and O–H groups in total. The van der Waals surface area contributed by atoms with Gasteiger partial charge >= 0.3 is 12.1 Å². The zero-order valence-corrected chi connectivity index (χ0v) is 18.0. The molecule has 0 amide bonds. The Balaban J connectivity index is 0.000000423. The predicted octanol–water partition coefficient (Wildman–Crippen LogP) is 1.66. The number of rotatable bonds is 5. The van der Waals surface area contributed by atoms with Crippen LogP contribution in [-0.2, 0) is 31.1 Å². The normalized spacial score (nSPS) is 24.8. The number of aromatic nitrogens is 1. The van der Waals surface area contributed by atoms with Gasteiger partial charge in [-0.05, 0) is 25.0 Å². The summed E-state index contributed by atoms with van der Waals surface area (Å²) in [7, 11) is -0.279. The minimum Gasteiger partial charge on any atom is -0.475 e. The van der Waals surface area contributed by atoms with Crippen molar-refractivity contribution >= 4 is 16.2 Å². The highest BCUT2D eigenvalue weighted by Gasteiger charge is 2.46. The van der Waals surface area contributed by atoms with E-state index in [1.165, 1.54) is 8.61 Å². The van der Waals surface area contributed by atoms with Crippen LogP contribution in [0.4, 0.5) is 13.2 Å². The maximum atomic E-state index is 12.4. The number of pyridine rings is 1. The first-order chi connectivity index (χ1) is 14.4. The molecule has 0 radical (unpaired) electrons. The number of carboxylic acids is 1. The Kier molecular flexibility index (Phi) is 8.39. The molecule has 0 aliphatic carbocycles. The summed E-state index contributed by atoms with van der Waals surface area (Å²) in [5.74, 6) is -2.76. The summed E-state index contributed by atoms with van der Waals surface area (Å²) in [6.07, 6.45) is -0.958. The van der Waals surface area contributed by atoms with E-state index in [-0.39, 0.29) is 6.10 Å². The maximum Gasteiger partial charge on any atom is 0.490 e. The van der Waals surface area contributed by atoms with E-state index in [4.69, 9.17) is 19.4 Å². The van der Waals surface area contributed by atoms with E-state index >= 15 is 0 Å². The van der Waals surface area contributed by atoms with Gasteiger partial charge in [0.15, 0.2) is 0 Å². The molecule has 31 heavy (non-hydrogen) atoms. The lowest BCUT2D eigenvalue weighted by Gasteiger charge is -2.39. The van der Waals surface area contributed by atoms with Crippen LogP contribution < -0.4 is 0 Å². The third-order valence-corrected chi connectivity index (χ3v) is 6.79. The van der Waals surface area contributed by atoms with E-state index in [9.17, 15) is 21.6 Å². The summed E-state index contributed by atoms with van der Waals surface area (Å²) < 4.78 is 71.2. The van der Waals surface area contributed by atoms with E-state index < -0.39 is 28.0 Å². The van der Waals surface area contributed by atoms with Gasteiger partial charge in [0.05, 0.1) is 30.6 Å². The van der Waals surface area contributed by atoms with E-state index in [0.29, 0.717) is 26.3 Å².